The summed E-state index contributed by atoms with van der Waals surface area (Å²) in [4.78, 5) is 23.0. The summed E-state index contributed by atoms with van der Waals surface area (Å²) in [5, 5.41) is 11.2. The molecule has 0 aliphatic heterocycles. The van der Waals surface area contributed by atoms with Crippen LogP contribution >= 0.6 is 0 Å². The molecule has 0 radical (unpaired) electrons. The first-order valence-electron chi connectivity index (χ1n) is 6.88. The van der Waals surface area contributed by atoms with E-state index < -0.39 is 34.6 Å². The summed E-state index contributed by atoms with van der Waals surface area (Å²) in [6.45, 7) is 0. The average molecular weight is 297 g/mol. The minimum atomic E-state index is -0.957. The van der Waals surface area contributed by atoms with E-state index in [1.54, 1.807) is 0 Å². The minimum Gasteiger partial charge on any atom is -0.481 e. The van der Waals surface area contributed by atoms with Crippen LogP contribution < -0.4 is 5.32 Å². The second-order valence-corrected chi connectivity index (χ2v) is 5.60. The predicted octanol–water partition coefficient (Wildman–Crippen LogP) is 3.33. The van der Waals surface area contributed by atoms with Gasteiger partial charge in [0.05, 0.1) is 6.42 Å². The van der Waals surface area contributed by atoms with Crippen LogP contribution in [0.5, 0.6) is 0 Å². The number of hydrogen-bond acceptors (Lipinski definition) is 2. The predicted molar refractivity (Wildman–Crippen MR) is 72.8 cm³/mol. The number of anilines is 1. The number of rotatable bonds is 5. The Labute approximate surface area is 121 Å². The van der Waals surface area contributed by atoms with E-state index in [0.29, 0.717) is 12.8 Å². The normalized spacial score (nSPS) is 16.7. The van der Waals surface area contributed by atoms with E-state index >= 15 is 0 Å². The maximum atomic E-state index is 13.5. The fourth-order valence-electron chi connectivity index (χ4n) is 3.00. The van der Waals surface area contributed by atoms with E-state index in [9.17, 15) is 18.4 Å². The number of halogens is 2. The second kappa shape index (κ2) is 6.20. The van der Waals surface area contributed by atoms with Gasteiger partial charge in [0.1, 0.15) is 17.3 Å². The van der Waals surface area contributed by atoms with Crippen molar-refractivity contribution in [3.63, 3.8) is 0 Å². The lowest BCUT2D eigenvalue weighted by molar-refractivity contribution is -0.140. The molecule has 0 unspecified atom stereocenters. The molecule has 4 nitrogen and oxygen atoms in total. The number of nitrogens with one attached hydrogen (secondary N) is 1. The van der Waals surface area contributed by atoms with Gasteiger partial charge in [0.15, 0.2) is 0 Å². The molecule has 1 fully saturated rings. The lowest BCUT2D eigenvalue weighted by Gasteiger charge is -2.26. The third-order valence-corrected chi connectivity index (χ3v) is 3.95. The van der Waals surface area contributed by atoms with E-state index in [2.05, 4.69) is 5.32 Å². The molecule has 0 bridgehead atoms. The molecule has 1 saturated carbocycles. The summed E-state index contributed by atoms with van der Waals surface area (Å²) >= 11 is 0. The molecule has 1 amide bonds. The van der Waals surface area contributed by atoms with E-state index in [-0.39, 0.29) is 12.8 Å². The Balaban J connectivity index is 2.08. The summed E-state index contributed by atoms with van der Waals surface area (Å²) in [6, 6.07) is 3.33. The molecule has 0 heterocycles. The van der Waals surface area contributed by atoms with E-state index in [1.807, 2.05) is 0 Å². The summed E-state index contributed by atoms with van der Waals surface area (Å²) in [5.74, 6) is -3.20. The van der Waals surface area contributed by atoms with Crippen LogP contribution in [0.4, 0.5) is 14.5 Å². The Hall–Kier alpha value is -1.98. The first-order chi connectivity index (χ1) is 9.92. The van der Waals surface area contributed by atoms with Crippen molar-refractivity contribution < 1.29 is 23.5 Å². The van der Waals surface area contributed by atoms with Crippen LogP contribution in [0.25, 0.3) is 0 Å². The van der Waals surface area contributed by atoms with Gasteiger partial charge in [-0.2, -0.15) is 0 Å². The van der Waals surface area contributed by atoms with Crippen molar-refractivity contribution in [3.05, 3.63) is 29.8 Å². The summed E-state index contributed by atoms with van der Waals surface area (Å²) in [7, 11) is 0. The van der Waals surface area contributed by atoms with Crippen LogP contribution in [0.15, 0.2) is 18.2 Å². The third-order valence-electron chi connectivity index (χ3n) is 3.95. The Morgan fingerprint density at radius 1 is 1.14 bits per heavy atom. The number of aliphatic carboxylic acids is 1. The average Bonchev–Trinajstić information content (AvgIpc) is 2.81. The van der Waals surface area contributed by atoms with Crippen molar-refractivity contribution in [2.45, 2.75) is 38.5 Å². The highest BCUT2D eigenvalue weighted by atomic mass is 19.1. The van der Waals surface area contributed by atoms with Crippen molar-refractivity contribution in [1.82, 2.24) is 0 Å². The van der Waals surface area contributed by atoms with Crippen LogP contribution in [0.3, 0.4) is 0 Å². The summed E-state index contributed by atoms with van der Waals surface area (Å²) in [5.41, 5.74) is -1.08. The first kappa shape index (κ1) is 15.4. The number of carbonyl (C=O) groups excluding carboxylic acids is 1. The topological polar surface area (TPSA) is 66.4 Å². The highest BCUT2D eigenvalue weighted by Gasteiger charge is 2.38. The van der Waals surface area contributed by atoms with Gasteiger partial charge in [0.2, 0.25) is 5.91 Å². The first-order valence-corrected chi connectivity index (χ1v) is 6.88. The number of carbonyl (C=O) groups is 2. The molecular formula is C15H17F2NO3. The SMILES string of the molecule is O=C(O)CC1(CC(=O)Nc2c(F)cccc2F)CCCC1. The number of hydrogen-bond donors (Lipinski definition) is 2. The fourth-order valence-corrected chi connectivity index (χ4v) is 3.00. The number of para-hydroxylation sites is 1. The highest BCUT2D eigenvalue weighted by Crippen LogP contribution is 2.44. The van der Waals surface area contributed by atoms with Gasteiger partial charge < -0.3 is 10.4 Å². The summed E-state index contributed by atoms with van der Waals surface area (Å²) < 4.78 is 27.0. The molecule has 1 aliphatic rings. The fraction of sp³-hybridized carbons (Fsp3) is 0.467. The monoisotopic (exact) mass is 297 g/mol. The largest absolute Gasteiger partial charge is 0.481 e. The van der Waals surface area contributed by atoms with Crippen LogP contribution in [0.2, 0.25) is 0 Å². The Kier molecular flexibility index (Phi) is 4.55. The third kappa shape index (κ3) is 3.77. The number of benzene rings is 1. The molecule has 0 aromatic heterocycles. The molecule has 1 aromatic rings. The van der Waals surface area contributed by atoms with Crippen molar-refractivity contribution in [2.24, 2.45) is 5.41 Å². The molecule has 6 heteroatoms. The summed E-state index contributed by atoms with van der Waals surface area (Å²) in [6.07, 6.45) is 2.90. The molecule has 2 N–H and O–H groups in total. The smallest absolute Gasteiger partial charge is 0.303 e. The van der Waals surface area contributed by atoms with E-state index in [0.717, 1.165) is 25.0 Å². The zero-order valence-electron chi connectivity index (χ0n) is 11.5. The molecule has 114 valence electrons. The lowest BCUT2D eigenvalue weighted by Crippen LogP contribution is -2.28. The zero-order chi connectivity index (χ0) is 15.5. The minimum absolute atomic E-state index is 0.0346. The molecule has 0 spiro atoms. The molecule has 1 aromatic carbocycles. The van der Waals surface area contributed by atoms with E-state index in [1.165, 1.54) is 6.07 Å². The van der Waals surface area contributed by atoms with Gasteiger partial charge in [-0.15, -0.1) is 0 Å². The Morgan fingerprint density at radius 3 is 2.24 bits per heavy atom. The van der Waals surface area contributed by atoms with Crippen molar-refractivity contribution in [3.8, 4) is 0 Å². The van der Waals surface area contributed by atoms with Crippen molar-refractivity contribution >= 4 is 17.6 Å². The van der Waals surface area contributed by atoms with Crippen molar-refractivity contribution in [2.75, 3.05) is 5.32 Å². The molecule has 0 saturated heterocycles. The van der Waals surface area contributed by atoms with Gasteiger partial charge in [-0.3, -0.25) is 9.59 Å². The molecule has 0 atom stereocenters. The lowest BCUT2D eigenvalue weighted by atomic mass is 9.79. The quantitative estimate of drug-likeness (QED) is 0.876. The standard InChI is InChI=1S/C15H17F2NO3/c16-10-4-3-5-11(17)14(10)18-12(19)8-15(9-13(20)21)6-1-2-7-15/h3-5H,1-2,6-9H2,(H,18,19)(H,20,21). The number of carboxylic acids is 1. The Bertz CT molecular complexity index is 534. The van der Waals surface area contributed by atoms with Gasteiger partial charge >= 0.3 is 5.97 Å². The molecule has 21 heavy (non-hydrogen) atoms. The van der Waals surface area contributed by atoms with Crippen LogP contribution in [-0.4, -0.2) is 17.0 Å². The molecule has 1 aliphatic carbocycles. The maximum Gasteiger partial charge on any atom is 0.303 e. The number of carboxylic acid groups (broad SMARTS) is 1. The second-order valence-electron chi connectivity index (χ2n) is 5.60. The molecule has 2 rings (SSSR count). The van der Waals surface area contributed by atoms with Gasteiger partial charge in [-0.05, 0) is 30.4 Å². The van der Waals surface area contributed by atoms with Gasteiger partial charge in [-0.25, -0.2) is 8.78 Å². The Morgan fingerprint density at radius 2 is 1.71 bits per heavy atom. The maximum absolute atomic E-state index is 13.5. The van der Waals surface area contributed by atoms with Crippen LogP contribution in [0.1, 0.15) is 38.5 Å². The van der Waals surface area contributed by atoms with Gasteiger partial charge in [0, 0.05) is 6.42 Å². The zero-order valence-corrected chi connectivity index (χ0v) is 11.5. The van der Waals surface area contributed by atoms with Crippen LogP contribution in [-0.2, 0) is 9.59 Å². The van der Waals surface area contributed by atoms with Gasteiger partial charge in [0.25, 0.3) is 0 Å². The van der Waals surface area contributed by atoms with Crippen LogP contribution in [0, 0.1) is 17.0 Å². The number of amides is 1. The van der Waals surface area contributed by atoms with E-state index in [4.69, 9.17) is 5.11 Å². The van der Waals surface area contributed by atoms with Crippen molar-refractivity contribution in [1.29, 1.82) is 0 Å². The van der Waals surface area contributed by atoms with Gasteiger partial charge in [-0.1, -0.05) is 18.9 Å². The highest BCUT2D eigenvalue weighted by molar-refractivity contribution is 5.91. The molecular weight excluding hydrogens is 280 g/mol.